The molecule has 0 N–H and O–H groups in total. The van der Waals surface area contributed by atoms with Gasteiger partial charge in [0, 0.05) is 30.3 Å². The van der Waals surface area contributed by atoms with E-state index >= 15 is 0 Å². The molecule has 0 aliphatic heterocycles. The van der Waals surface area contributed by atoms with E-state index < -0.39 is 9.85 Å². The maximum absolute atomic E-state index is 10.9. The fourth-order valence-corrected chi connectivity index (χ4v) is 2.87. The van der Waals surface area contributed by atoms with Crippen molar-refractivity contribution >= 4 is 11.4 Å². The molecular formula is C24H16N2O7. The van der Waals surface area contributed by atoms with Crippen molar-refractivity contribution in [1.82, 2.24) is 0 Å². The highest BCUT2D eigenvalue weighted by molar-refractivity contribution is 5.51. The molecule has 0 aromatic heterocycles. The highest BCUT2D eigenvalue weighted by atomic mass is 16.6. The molecule has 4 aromatic rings. The Labute approximate surface area is 187 Å². The quantitative estimate of drug-likeness (QED) is 0.215. The molecule has 164 valence electrons. The van der Waals surface area contributed by atoms with Crippen LogP contribution < -0.4 is 14.2 Å². The second-order valence-corrected chi connectivity index (χ2v) is 6.73. The molecule has 9 heteroatoms. The summed E-state index contributed by atoms with van der Waals surface area (Å²) in [6.45, 7) is 0. The summed E-state index contributed by atoms with van der Waals surface area (Å²) in [7, 11) is 0. The molecule has 0 saturated heterocycles. The maximum Gasteiger partial charge on any atom is 0.269 e. The molecule has 0 aliphatic carbocycles. The van der Waals surface area contributed by atoms with Gasteiger partial charge in [-0.05, 0) is 48.5 Å². The van der Waals surface area contributed by atoms with E-state index in [0.29, 0.717) is 34.5 Å². The third-order valence-corrected chi connectivity index (χ3v) is 4.44. The molecule has 0 fully saturated rings. The molecule has 0 unspecified atom stereocenters. The third-order valence-electron chi connectivity index (χ3n) is 4.44. The molecule has 0 atom stereocenters. The van der Waals surface area contributed by atoms with Gasteiger partial charge in [-0.15, -0.1) is 0 Å². The Kier molecular flexibility index (Phi) is 6.12. The van der Waals surface area contributed by atoms with Crippen LogP contribution in [0.25, 0.3) is 0 Å². The zero-order valence-corrected chi connectivity index (χ0v) is 17.0. The highest BCUT2D eigenvalue weighted by Gasteiger charge is 2.13. The van der Waals surface area contributed by atoms with Gasteiger partial charge in [0.25, 0.3) is 11.4 Å². The van der Waals surface area contributed by atoms with E-state index in [0.717, 1.165) is 0 Å². The van der Waals surface area contributed by atoms with Crippen molar-refractivity contribution in [2.24, 2.45) is 0 Å². The Morgan fingerprint density at radius 3 is 1.48 bits per heavy atom. The fourth-order valence-electron chi connectivity index (χ4n) is 2.87. The standard InChI is InChI=1S/C24H16N2O7/c27-25(28)17-6-10-20(11-7-17)31-22-14-15-23(24(16-22)33-19-4-2-1-3-5-19)32-21-12-8-18(9-13-21)26(29)30/h1-16H. The Hall–Kier alpha value is -4.92. The van der Waals surface area contributed by atoms with Crippen LogP contribution in [0.4, 0.5) is 11.4 Å². The lowest BCUT2D eigenvalue weighted by Gasteiger charge is -2.14. The minimum Gasteiger partial charge on any atom is -0.457 e. The molecule has 9 nitrogen and oxygen atoms in total. The number of nitro groups is 2. The van der Waals surface area contributed by atoms with Gasteiger partial charge in [0.15, 0.2) is 11.5 Å². The molecule has 4 aromatic carbocycles. The summed E-state index contributed by atoms with van der Waals surface area (Å²) in [5, 5.41) is 21.7. The molecular weight excluding hydrogens is 428 g/mol. The molecule has 0 amide bonds. The van der Waals surface area contributed by atoms with Gasteiger partial charge in [-0.1, -0.05) is 18.2 Å². The Bertz CT molecular complexity index is 1270. The van der Waals surface area contributed by atoms with Gasteiger partial charge in [0.05, 0.1) is 9.85 Å². The minimum atomic E-state index is -0.488. The van der Waals surface area contributed by atoms with Gasteiger partial charge in [-0.2, -0.15) is 0 Å². The summed E-state index contributed by atoms with van der Waals surface area (Å²) in [5.74, 6) is 2.50. The molecule has 0 aliphatic rings. The van der Waals surface area contributed by atoms with Crippen LogP contribution in [0, 0.1) is 20.2 Å². The summed E-state index contributed by atoms with van der Waals surface area (Å²) in [6, 6.07) is 25.3. The van der Waals surface area contributed by atoms with Crippen LogP contribution in [0.5, 0.6) is 34.5 Å². The molecule has 4 rings (SSSR count). The zero-order chi connectivity index (χ0) is 23.2. The van der Waals surface area contributed by atoms with Crippen molar-refractivity contribution in [1.29, 1.82) is 0 Å². The first-order chi connectivity index (χ1) is 16.0. The predicted octanol–water partition coefficient (Wildman–Crippen LogP) is 6.88. The molecule has 33 heavy (non-hydrogen) atoms. The zero-order valence-electron chi connectivity index (χ0n) is 17.0. The number of para-hydroxylation sites is 1. The summed E-state index contributed by atoms with van der Waals surface area (Å²) in [6.07, 6.45) is 0. The van der Waals surface area contributed by atoms with Crippen LogP contribution >= 0.6 is 0 Å². The highest BCUT2D eigenvalue weighted by Crippen LogP contribution is 2.39. The monoisotopic (exact) mass is 444 g/mol. The summed E-state index contributed by atoms with van der Waals surface area (Å²) < 4.78 is 17.7. The summed E-state index contributed by atoms with van der Waals surface area (Å²) >= 11 is 0. The van der Waals surface area contributed by atoms with Gasteiger partial charge in [0.2, 0.25) is 0 Å². The topological polar surface area (TPSA) is 114 Å². The first-order valence-electron chi connectivity index (χ1n) is 9.69. The average Bonchev–Trinajstić information content (AvgIpc) is 2.82. The van der Waals surface area contributed by atoms with Gasteiger partial charge in [0.1, 0.15) is 23.0 Å². The average molecular weight is 444 g/mol. The lowest BCUT2D eigenvalue weighted by molar-refractivity contribution is -0.385. The van der Waals surface area contributed by atoms with Crippen LogP contribution in [0.15, 0.2) is 97.1 Å². The smallest absolute Gasteiger partial charge is 0.269 e. The Morgan fingerprint density at radius 2 is 0.939 bits per heavy atom. The third kappa shape index (κ3) is 5.42. The lowest BCUT2D eigenvalue weighted by Crippen LogP contribution is -1.93. The van der Waals surface area contributed by atoms with Crippen LogP contribution in [0.1, 0.15) is 0 Å². The summed E-state index contributed by atoms with van der Waals surface area (Å²) in [4.78, 5) is 20.7. The number of ether oxygens (including phenoxy) is 3. The van der Waals surface area contributed by atoms with Crippen molar-refractivity contribution in [2.45, 2.75) is 0 Å². The van der Waals surface area contributed by atoms with Crippen molar-refractivity contribution in [3.8, 4) is 34.5 Å². The van der Waals surface area contributed by atoms with Crippen molar-refractivity contribution in [3.63, 3.8) is 0 Å². The van der Waals surface area contributed by atoms with Gasteiger partial charge in [-0.3, -0.25) is 20.2 Å². The predicted molar refractivity (Wildman–Crippen MR) is 119 cm³/mol. The number of rotatable bonds is 8. The van der Waals surface area contributed by atoms with Crippen LogP contribution in [0.2, 0.25) is 0 Å². The van der Waals surface area contributed by atoms with Crippen molar-refractivity contribution in [3.05, 3.63) is 117 Å². The number of benzene rings is 4. The van der Waals surface area contributed by atoms with E-state index in [1.54, 1.807) is 30.3 Å². The van der Waals surface area contributed by atoms with E-state index in [4.69, 9.17) is 14.2 Å². The van der Waals surface area contributed by atoms with Crippen molar-refractivity contribution in [2.75, 3.05) is 0 Å². The minimum absolute atomic E-state index is 0.0395. The first-order valence-corrected chi connectivity index (χ1v) is 9.69. The normalized spacial score (nSPS) is 10.3. The SMILES string of the molecule is O=[N+]([O-])c1ccc(Oc2ccc(Oc3ccc([N+](=O)[O-])cc3)c(Oc3ccccc3)c2)cc1. The van der Waals surface area contributed by atoms with Crippen molar-refractivity contribution < 1.29 is 24.1 Å². The Morgan fingerprint density at radius 1 is 0.485 bits per heavy atom. The van der Waals surface area contributed by atoms with Crippen LogP contribution in [-0.2, 0) is 0 Å². The molecule has 0 saturated carbocycles. The number of nitrogens with zero attached hydrogens (tertiary/aromatic N) is 2. The number of hydrogen-bond donors (Lipinski definition) is 0. The largest absolute Gasteiger partial charge is 0.457 e. The van der Waals surface area contributed by atoms with E-state index in [1.165, 1.54) is 48.5 Å². The maximum atomic E-state index is 10.9. The summed E-state index contributed by atoms with van der Waals surface area (Å²) in [5.41, 5.74) is -0.0859. The van der Waals surface area contributed by atoms with E-state index in [2.05, 4.69) is 0 Å². The van der Waals surface area contributed by atoms with Gasteiger partial charge in [-0.25, -0.2) is 0 Å². The number of hydrogen-bond acceptors (Lipinski definition) is 7. The van der Waals surface area contributed by atoms with Crippen LogP contribution in [0.3, 0.4) is 0 Å². The molecule has 0 radical (unpaired) electrons. The van der Waals surface area contributed by atoms with Gasteiger partial charge >= 0.3 is 0 Å². The second kappa shape index (κ2) is 9.48. The van der Waals surface area contributed by atoms with E-state index in [9.17, 15) is 20.2 Å². The van der Waals surface area contributed by atoms with E-state index in [-0.39, 0.29) is 11.4 Å². The second-order valence-electron chi connectivity index (χ2n) is 6.73. The van der Waals surface area contributed by atoms with E-state index in [1.807, 2.05) is 18.2 Å². The fraction of sp³-hybridized carbons (Fsp3) is 0. The lowest BCUT2D eigenvalue weighted by atomic mass is 10.2. The Balaban J connectivity index is 1.61. The number of non-ortho nitro benzene ring substituents is 2. The first kappa shape index (κ1) is 21.3. The molecule has 0 heterocycles. The number of nitro benzene ring substituents is 2. The molecule has 0 bridgehead atoms. The molecule has 0 spiro atoms. The van der Waals surface area contributed by atoms with Crippen LogP contribution in [-0.4, -0.2) is 9.85 Å². The van der Waals surface area contributed by atoms with Gasteiger partial charge < -0.3 is 14.2 Å².